The second-order valence-electron chi connectivity index (χ2n) is 6.40. The predicted octanol–water partition coefficient (Wildman–Crippen LogP) is 4.76. The zero-order chi connectivity index (χ0) is 19.7. The van der Waals surface area contributed by atoms with E-state index < -0.39 is 0 Å². The molecule has 4 rings (SSSR count). The van der Waals surface area contributed by atoms with Crippen LogP contribution in [0.25, 0.3) is 22.2 Å². The summed E-state index contributed by atoms with van der Waals surface area (Å²) in [6.07, 6.45) is 1.47. The number of nitrogens with zero attached hydrogens (tertiary/aromatic N) is 1. The molecule has 2 heterocycles. The number of ether oxygens (including phenoxy) is 1. The van der Waals surface area contributed by atoms with Gasteiger partial charge in [-0.25, -0.2) is 0 Å². The Balaban J connectivity index is 1.78. The molecular weight excluding hydrogens is 354 g/mol. The van der Waals surface area contributed by atoms with Crippen molar-refractivity contribution in [3.05, 3.63) is 66.6 Å². The summed E-state index contributed by atoms with van der Waals surface area (Å²) < 4.78 is 12.7. The molecule has 0 unspecified atom stereocenters. The third kappa shape index (κ3) is 2.99. The molecule has 3 N–H and O–H groups in total. The number of fused-ring (bicyclic) bond motifs is 1. The third-order valence-electron chi connectivity index (χ3n) is 4.77. The summed E-state index contributed by atoms with van der Waals surface area (Å²) in [5.74, 6) is 0.751. The fourth-order valence-corrected chi connectivity index (χ4v) is 3.47. The number of amides is 1. The Hall–Kier alpha value is -3.67. The summed E-state index contributed by atoms with van der Waals surface area (Å²) in [6, 6.07) is 16.8. The van der Waals surface area contributed by atoms with E-state index in [1.165, 1.54) is 6.26 Å². The lowest BCUT2D eigenvalue weighted by atomic mass is 10.1. The number of methoxy groups -OCH3 is 1. The first-order valence-electron chi connectivity index (χ1n) is 9.03. The van der Waals surface area contributed by atoms with Gasteiger partial charge < -0.3 is 24.8 Å². The number of benzene rings is 2. The van der Waals surface area contributed by atoms with E-state index in [9.17, 15) is 4.79 Å². The summed E-state index contributed by atoms with van der Waals surface area (Å²) in [5, 5.41) is 3.84. The summed E-state index contributed by atoms with van der Waals surface area (Å²) >= 11 is 0. The fraction of sp³-hybridized carbons (Fsp3) is 0.136. The van der Waals surface area contributed by atoms with Crippen LogP contribution >= 0.6 is 0 Å². The molecule has 0 fully saturated rings. The number of aryl methyl sites for hydroxylation is 1. The maximum Gasteiger partial charge on any atom is 0.291 e. The molecule has 0 bridgehead atoms. The molecule has 0 atom stereocenters. The van der Waals surface area contributed by atoms with Crippen LogP contribution in [0.15, 0.2) is 65.3 Å². The lowest BCUT2D eigenvalue weighted by Crippen LogP contribution is -2.10. The monoisotopic (exact) mass is 375 g/mol. The van der Waals surface area contributed by atoms with E-state index in [0.717, 1.165) is 34.5 Å². The Labute approximate surface area is 162 Å². The number of carbonyl (C=O) groups excluding carboxylic acids is 1. The summed E-state index contributed by atoms with van der Waals surface area (Å²) in [7, 11) is 1.65. The van der Waals surface area contributed by atoms with E-state index in [4.69, 9.17) is 14.9 Å². The standard InChI is InChI=1S/C22H21N3O3/c1-3-25-18-13-16(27-2)9-10-17(18)20(23)21(25)14-6-4-7-15(12-14)24-22(26)19-8-5-11-28-19/h4-13H,3,23H2,1-2H3,(H,24,26). The van der Waals surface area contributed by atoms with Crippen molar-refractivity contribution >= 4 is 28.2 Å². The van der Waals surface area contributed by atoms with Crippen LogP contribution in [0.1, 0.15) is 17.5 Å². The number of aromatic nitrogens is 1. The Bertz CT molecular complexity index is 1140. The largest absolute Gasteiger partial charge is 0.497 e. The van der Waals surface area contributed by atoms with Gasteiger partial charge in [0.05, 0.1) is 30.3 Å². The van der Waals surface area contributed by atoms with Gasteiger partial charge in [0.2, 0.25) is 0 Å². The number of anilines is 2. The Morgan fingerprint density at radius 2 is 2.04 bits per heavy atom. The number of nitrogen functional groups attached to an aromatic ring is 1. The van der Waals surface area contributed by atoms with Crippen LogP contribution in [0.3, 0.4) is 0 Å². The van der Waals surface area contributed by atoms with Gasteiger partial charge in [-0.05, 0) is 43.3 Å². The van der Waals surface area contributed by atoms with Crippen LogP contribution in [0, 0.1) is 0 Å². The minimum Gasteiger partial charge on any atom is -0.497 e. The minimum atomic E-state index is -0.295. The van der Waals surface area contributed by atoms with E-state index in [0.29, 0.717) is 11.4 Å². The number of hydrogen-bond acceptors (Lipinski definition) is 4. The second kappa shape index (κ2) is 7.15. The number of nitrogens with two attached hydrogens (primary N) is 1. The van der Waals surface area contributed by atoms with Crippen molar-refractivity contribution in [3.8, 4) is 17.0 Å². The zero-order valence-corrected chi connectivity index (χ0v) is 15.7. The van der Waals surface area contributed by atoms with Crippen LogP contribution in [-0.2, 0) is 6.54 Å². The van der Waals surface area contributed by atoms with Gasteiger partial charge in [0.1, 0.15) is 5.75 Å². The zero-order valence-electron chi connectivity index (χ0n) is 15.7. The molecule has 2 aromatic carbocycles. The molecule has 6 heteroatoms. The van der Waals surface area contributed by atoms with Crippen molar-refractivity contribution in [2.24, 2.45) is 0 Å². The number of carbonyl (C=O) groups is 1. The van der Waals surface area contributed by atoms with Gasteiger partial charge in [-0.2, -0.15) is 0 Å². The molecule has 0 aliphatic heterocycles. The lowest BCUT2D eigenvalue weighted by molar-refractivity contribution is 0.0996. The summed E-state index contributed by atoms with van der Waals surface area (Å²) in [5.41, 5.74) is 10.7. The van der Waals surface area contributed by atoms with E-state index in [1.54, 1.807) is 19.2 Å². The number of nitrogens with one attached hydrogen (secondary N) is 1. The molecular formula is C22H21N3O3. The van der Waals surface area contributed by atoms with E-state index in [1.807, 2.05) is 42.5 Å². The van der Waals surface area contributed by atoms with Crippen LogP contribution in [0.5, 0.6) is 5.75 Å². The normalized spacial score (nSPS) is 10.9. The molecule has 0 radical (unpaired) electrons. The molecule has 6 nitrogen and oxygen atoms in total. The van der Waals surface area contributed by atoms with Crippen molar-refractivity contribution in [1.82, 2.24) is 4.57 Å². The second-order valence-corrected chi connectivity index (χ2v) is 6.40. The molecule has 1 amide bonds. The first-order chi connectivity index (χ1) is 13.6. The third-order valence-corrected chi connectivity index (χ3v) is 4.77. The first-order valence-corrected chi connectivity index (χ1v) is 9.03. The van der Waals surface area contributed by atoms with Gasteiger partial charge in [0.25, 0.3) is 5.91 Å². The van der Waals surface area contributed by atoms with Crippen molar-refractivity contribution < 1.29 is 13.9 Å². The highest BCUT2D eigenvalue weighted by Crippen LogP contribution is 2.38. The van der Waals surface area contributed by atoms with Gasteiger partial charge in [-0.1, -0.05) is 12.1 Å². The van der Waals surface area contributed by atoms with Crippen LogP contribution in [0.4, 0.5) is 11.4 Å². The van der Waals surface area contributed by atoms with Crippen LogP contribution in [-0.4, -0.2) is 17.6 Å². The van der Waals surface area contributed by atoms with E-state index in [2.05, 4.69) is 16.8 Å². The summed E-state index contributed by atoms with van der Waals surface area (Å²) in [6.45, 7) is 2.82. The fourth-order valence-electron chi connectivity index (χ4n) is 3.47. The molecule has 0 saturated carbocycles. The molecule has 2 aromatic heterocycles. The first kappa shape index (κ1) is 17.7. The number of furan rings is 1. The summed E-state index contributed by atoms with van der Waals surface area (Å²) in [4.78, 5) is 12.3. The van der Waals surface area contributed by atoms with Crippen molar-refractivity contribution in [2.45, 2.75) is 13.5 Å². The van der Waals surface area contributed by atoms with Crippen molar-refractivity contribution in [3.63, 3.8) is 0 Å². The van der Waals surface area contributed by atoms with Crippen LogP contribution < -0.4 is 15.8 Å². The molecule has 0 spiro atoms. The Morgan fingerprint density at radius 1 is 1.18 bits per heavy atom. The highest BCUT2D eigenvalue weighted by atomic mass is 16.5. The van der Waals surface area contributed by atoms with Crippen molar-refractivity contribution in [2.75, 3.05) is 18.2 Å². The average Bonchev–Trinajstić information content (AvgIpc) is 3.34. The topological polar surface area (TPSA) is 82.4 Å². The molecule has 0 saturated heterocycles. The van der Waals surface area contributed by atoms with E-state index in [-0.39, 0.29) is 11.7 Å². The predicted molar refractivity (Wildman–Crippen MR) is 111 cm³/mol. The molecule has 0 aliphatic rings. The average molecular weight is 375 g/mol. The van der Waals surface area contributed by atoms with Gasteiger partial charge >= 0.3 is 0 Å². The highest BCUT2D eigenvalue weighted by Gasteiger charge is 2.17. The maximum atomic E-state index is 12.3. The minimum absolute atomic E-state index is 0.264. The lowest BCUT2D eigenvalue weighted by Gasteiger charge is -2.11. The number of hydrogen-bond donors (Lipinski definition) is 2. The molecule has 0 aliphatic carbocycles. The Morgan fingerprint density at radius 3 is 2.75 bits per heavy atom. The quantitative estimate of drug-likeness (QED) is 0.527. The van der Waals surface area contributed by atoms with Crippen LogP contribution in [0.2, 0.25) is 0 Å². The SMILES string of the molecule is CCn1c(-c2cccc(NC(=O)c3ccco3)c2)c(N)c2ccc(OC)cc21. The molecule has 142 valence electrons. The van der Waals surface area contributed by atoms with Gasteiger partial charge in [-0.3, -0.25) is 4.79 Å². The van der Waals surface area contributed by atoms with Gasteiger partial charge in [0.15, 0.2) is 5.76 Å². The van der Waals surface area contributed by atoms with Gasteiger partial charge in [0, 0.05) is 29.2 Å². The Kier molecular flexibility index (Phi) is 4.53. The van der Waals surface area contributed by atoms with E-state index >= 15 is 0 Å². The molecule has 28 heavy (non-hydrogen) atoms. The highest BCUT2D eigenvalue weighted by molar-refractivity contribution is 6.04. The number of rotatable bonds is 5. The smallest absolute Gasteiger partial charge is 0.291 e. The van der Waals surface area contributed by atoms with Gasteiger partial charge in [-0.15, -0.1) is 0 Å². The maximum absolute atomic E-state index is 12.3. The molecule has 4 aromatic rings. The van der Waals surface area contributed by atoms with Crippen molar-refractivity contribution in [1.29, 1.82) is 0 Å².